The molecule has 1 unspecified atom stereocenters. The van der Waals surface area contributed by atoms with Crippen molar-refractivity contribution in [3.8, 4) is 5.75 Å². The van der Waals surface area contributed by atoms with E-state index in [4.69, 9.17) is 20.4 Å². The third kappa shape index (κ3) is 7.55. The first-order chi connectivity index (χ1) is 15.9. The standard InChI is InChI=1S/C24H40N4O6S/c1-14-15(2)20(16(3)17-13-24(7,8)33-19(14)17)35(31,32)28-22(27-34-23(4,5)6)26-12-10-9-11-18(25)21(29)30/h18H,9-13,25H2,1-8H3,(H,29,30)(H2,26,27,28). The maximum absolute atomic E-state index is 13.6. The Balaban J connectivity index is 2.30. The minimum Gasteiger partial charge on any atom is -0.487 e. The van der Waals surface area contributed by atoms with E-state index in [2.05, 4.69) is 15.2 Å². The second-order valence-electron chi connectivity index (χ2n) is 10.6. The van der Waals surface area contributed by atoms with Gasteiger partial charge in [0.25, 0.3) is 10.0 Å². The highest BCUT2D eigenvalue weighted by atomic mass is 32.2. The fourth-order valence-electron chi connectivity index (χ4n) is 3.90. The molecule has 1 aromatic rings. The fraction of sp³-hybridized carbons (Fsp3) is 0.667. The van der Waals surface area contributed by atoms with Crippen LogP contribution >= 0.6 is 0 Å². The molecule has 11 heteroatoms. The van der Waals surface area contributed by atoms with Crippen LogP contribution in [0, 0.1) is 20.8 Å². The zero-order valence-corrected chi connectivity index (χ0v) is 22.9. The number of aliphatic imine (C=N–C) groups is 1. The van der Waals surface area contributed by atoms with E-state index < -0.39 is 33.2 Å². The number of nitrogens with one attached hydrogen (secondary N) is 2. The Hall–Kier alpha value is -2.37. The van der Waals surface area contributed by atoms with E-state index in [1.165, 1.54) is 0 Å². The molecule has 1 aliphatic heterocycles. The average molecular weight is 513 g/mol. The lowest BCUT2D eigenvalue weighted by atomic mass is 9.94. The fourth-order valence-corrected chi connectivity index (χ4v) is 5.45. The van der Waals surface area contributed by atoms with Crippen LogP contribution in [0.5, 0.6) is 5.75 Å². The zero-order valence-electron chi connectivity index (χ0n) is 22.0. The van der Waals surface area contributed by atoms with Crippen molar-refractivity contribution in [2.24, 2.45) is 10.7 Å². The second kappa shape index (κ2) is 10.7. The number of guanidine groups is 1. The molecule has 1 heterocycles. The monoisotopic (exact) mass is 512 g/mol. The number of hydroxylamine groups is 1. The number of unbranched alkanes of at least 4 members (excludes halogenated alkanes) is 1. The number of hydrogen-bond acceptors (Lipinski definition) is 7. The van der Waals surface area contributed by atoms with E-state index in [-0.39, 0.29) is 17.4 Å². The highest BCUT2D eigenvalue weighted by Crippen LogP contribution is 2.43. The van der Waals surface area contributed by atoms with Crippen LogP contribution in [0.2, 0.25) is 0 Å². The molecule has 0 saturated heterocycles. The molecule has 0 amide bonds. The predicted octanol–water partition coefficient (Wildman–Crippen LogP) is 2.86. The number of carbonyl (C=O) groups is 1. The largest absolute Gasteiger partial charge is 0.487 e. The van der Waals surface area contributed by atoms with Crippen molar-refractivity contribution >= 4 is 22.0 Å². The zero-order chi connectivity index (χ0) is 26.8. The molecular weight excluding hydrogens is 472 g/mol. The molecule has 0 radical (unpaired) electrons. The number of nitrogens with two attached hydrogens (primary N) is 1. The summed E-state index contributed by atoms with van der Waals surface area (Å²) in [5.41, 5.74) is 10.1. The van der Waals surface area contributed by atoms with Gasteiger partial charge in [0.1, 0.15) is 17.4 Å². The van der Waals surface area contributed by atoms with Crippen LogP contribution in [-0.2, 0) is 26.1 Å². The van der Waals surface area contributed by atoms with Crippen molar-refractivity contribution in [3.05, 3.63) is 22.3 Å². The number of carboxylic acids is 1. The second-order valence-corrected chi connectivity index (χ2v) is 12.3. The van der Waals surface area contributed by atoms with E-state index in [9.17, 15) is 13.2 Å². The minimum absolute atomic E-state index is 0.0454. The lowest BCUT2D eigenvalue weighted by Gasteiger charge is -2.23. The van der Waals surface area contributed by atoms with Gasteiger partial charge in [0.2, 0.25) is 5.96 Å². The Morgan fingerprint density at radius 2 is 1.83 bits per heavy atom. The molecule has 2 rings (SSSR count). The molecule has 0 aliphatic carbocycles. The molecule has 0 aromatic heterocycles. The van der Waals surface area contributed by atoms with Gasteiger partial charge in [-0.25, -0.2) is 18.6 Å². The molecular formula is C24H40N4O6S. The molecule has 0 fully saturated rings. The topological polar surface area (TPSA) is 152 Å². The van der Waals surface area contributed by atoms with Gasteiger partial charge in [-0.15, -0.1) is 0 Å². The molecule has 0 saturated carbocycles. The van der Waals surface area contributed by atoms with E-state index in [0.717, 1.165) is 16.9 Å². The Morgan fingerprint density at radius 1 is 1.20 bits per heavy atom. The summed E-state index contributed by atoms with van der Waals surface area (Å²) < 4.78 is 35.8. The van der Waals surface area contributed by atoms with Gasteiger partial charge < -0.3 is 15.6 Å². The molecule has 198 valence electrons. The summed E-state index contributed by atoms with van der Waals surface area (Å²) in [6.45, 7) is 15.1. The highest BCUT2D eigenvalue weighted by molar-refractivity contribution is 7.90. The van der Waals surface area contributed by atoms with E-state index in [1.807, 2.05) is 41.5 Å². The Bertz CT molecular complexity index is 1090. The Kier molecular flexibility index (Phi) is 8.84. The lowest BCUT2D eigenvalue weighted by molar-refractivity contribution is -0.138. The third-order valence-electron chi connectivity index (χ3n) is 5.76. The summed E-state index contributed by atoms with van der Waals surface area (Å²) in [5, 5.41) is 8.90. The number of benzene rings is 1. The SMILES string of the molecule is Cc1c(C)c(S(=O)(=O)NC(=NCCCCC(N)C(=O)O)NOC(C)(C)C)c(C)c2c1OC(C)(C)C2. The summed E-state index contributed by atoms with van der Waals surface area (Å²) in [6.07, 6.45) is 1.99. The predicted molar refractivity (Wildman–Crippen MR) is 135 cm³/mol. The first-order valence-electron chi connectivity index (χ1n) is 11.8. The van der Waals surface area contributed by atoms with Crippen LogP contribution in [-0.4, -0.2) is 49.2 Å². The number of ether oxygens (including phenoxy) is 1. The van der Waals surface area contributed by atoms with E-state index in [0.29, 0.717) is 36.8 Å². The summed E-state index contributed by atoms with van der Waals surface area (Å²) in [7, 11) is -4.01. The van der Waals surface area contributed by atoms with Crippen molar-refractivity contribution in [2.75, 3.05) is 6.54 Å². The molecule has 10 nitrogen and oxygen atoms in total. The quantitative estimate of drug-likeness (QED) is 0.171. The van der Waals surface area contributed by atoms with Crippen molar-refractivity contribution in [2.45, 2.75) is 103 Å². The molecule has 5 N–H and O–H groups in total. The molecule has 1 aromatic carbocycles. The van der Waals surface area contributed by atoms with Crippen LogP contribution in [0.15, 0.2) is 9.89 Å². The van der Waals surface area contributed by atoms with Gasteiger partial charge in [-0.3, -0.25) is 14.6 Å². The normalized spacial score (nSPS) is 16.4. The van der Waals surface area contributed by atoms with Gasteiger partial charge in [0.05, 0.1) is 10.5 Å². The maximum atomic E-state index is 13.6. The molecule has 1 aliphatic rings. The van der Waals surface area contributed by atoms with Gasteiger partial charge in [0.15, 0.2) is 0 Å². The van der Waals surface area contributed by atoms with Crippen LogP contribution < -0.4 is 20.7 Å². The van der Waals surface area contributed by atoms with Crippen molar-refractivity contribution < 1.29 is 27.9 Å². The Morgan fingerprint density at radius 3 is 2.40 bits per heavy atom. The number of sulfonamides is 1. The first kappa shape index (κ1) is 28.9. The summed E-state index contributed by atoms with van der Waals surface area (Å²) in [4.78, 5) is 21.0. The van der Waals surface area contributed by atoms with E-state index >= 15 is 0 Å². The molecule has 0 bridgehead atoms. The number of hydrogen-bond donors (Lipinski definition) is 4. The average Bonchev–Trinajstić information content (AvgIpc) is 3.04. The molecule has 1 atom stereocenters. The van der Waals surface area contributed by atoms with Crippen LogP contribution in [0.25, 0.3) is 0 Å². The van der Waals surface area contributed by atoms with Crippen molar-refractivity contribution in [3.63, 3.8) is 0 Å². The summed E-state index contributed by atoms with van der Waals surface area (Å²) >= 11 is 0. The number of carboxylic acid groups (broad SMARTS) is 1. The van der Waals surface area contributed by atoms with Crippen LogP contribution in [0.4, 0.5) is 0 Å². The van der Waals surface area contributed by atoms with E-state index in [1.54, 1.807) is 13.8 Å². The number of rotatable bonds is 9. The number of nitrogens with zero attached hydrogens (tertiary/aromatic N) is 1. The highest BCUT2D eigenvalue weighted by Gasteiger charge is 2.37. The van der Waals surface area contributed by atoms with Gasteiger partial charge in [-0.05, 0) is 91.3 Å². The Labute approximate surface area is 208 Å². The first-order valence-corrected chi connectivity index (χ1v) is 13.2. The van der Waals surface area contributed by atoms with Crippen LogP contribution in [0.3, 0.4) is 0 Å². The van der Waals surface area contributed by atoms with Gasteiger partial charge in [-0.2, -0.15) is 0 Å². The minimum atomic E-state index is -4.01. The summed E-state index contributed by atoms with van der Waals surface area (Å²) in [6, 6.07) is -0.928. The number of fused-ring (bicyclic) bond motifs is 1. The maximum Gasteiger partial charge on any atom is 0.320 e. The third-order valence-corrected chi connectivity index (χ3v) is 7.37. The van der Waals surface area contributed by atoms with Crippen LogP contribution in [0.1, 0.15) is 76.1 Å². The van der Waals surface area contributed by atoms with Gasteiger partial charge in [-0.1, -0.05) is 0 Å². The smallest absolute Gasteiger partial charge is 0.320 e. The molecule has 35 heavy (non-hydrogen) atoms. The lowest BCUT2D eigenvalue weighted by Crippen LogP contribution is -2.44. The summed E-state index contributed by atoms with van der Waals surface area (Å²) in [5.74, 6) is -0.339. The van der Waals surface area contributed by atoms with Crippen molar-refractivity contribution in [1.82, 2.24) is 10.2 Å². The molecule has 0 spiro atoms. The number of aliphatic carboxylic acids is 1. The van der Waals surface area contributed by atoms with Gasteiger partial charge in [0, 0.05) is 18.5 Å². The van der Waals surface area contributed by atoms with Gasteiger partial charge >= 0.3 is 5.97 Å². The van der Waals surface area contributed by atoms with Crippen molar-refractivity contribution in [1.29, 1.82) is 0 Å².